The molecule has 0 atom stereocenters. The average Bonchev–Trinajstić information content (AvgIpc) is 3.10. The molecule has 2 amide bonds. The van der Waals surface area contributed by atoms with Crippen molar-refractivity contribution < 1.29 is 23.9 Å². The summed E-state index contributed by atoms with van der Waals surface area (Å²) in [7, 11) is 5.37. The summed E-state index contributed by atoms with van der Waals surface area (Å²) in [4.78, 5) is 41.2. The van der Waals surface area contributed by atoms with Crippen LogP contribution in [-0.4, -0.2) is 72.8 Å². The Kier molecular flexibility index (Phi) is 9.41. The maximum atomic E-state index is 12.8. The van der Waals surface area contributed by atoms with Gasteiger partial charge in [-0.05, 0) is 50.5 Å². The second kappa shape index (κ2) is 12.5. The fraction of sp³-hybridized carbons (Fsp3) is 0.280. The van der Waals surface area contributed by atoms with Crippen LogP contribution >= 0.6 is 24.0 Å². The number of hydrogen-bond acceptors (Lipinski definition) is 8. The Balaban J connectivity index is 1.52. The Morgan fingerprint density at radius 2 is 1.86 bits per heavy atom. The van der Waals surface area contributed by atoms with Crippen molar-refractivity contribution in [2.45, 2.75) is 6.42 Å². The summed E-state index contributed by atoms with van der Waals surface area (Å²) < 4.78 is 10.9. The van der Waals surface area contributed by atoms with E-state index in [1.54, 1.807) is 37.5 Å². The van der Waals surface area contributed by atoms with Crippen molar-refractivity contribution in [2.24, 2.45) is 0 Å². The molecule has 8 nitrogen and oxygen atoms in total. The summed E-state index contributed by atoms with van der Waals surface area (Å²) in [6.45, 7) is 1.10. The second-order valence-corrected chi connectivity index (χ2v) is 9.57. The van der Waals surface area contributed by atoms with Crippen LogP contribution in [0.15, 0.2) is 53.4 Å². The molecule has 1 aliphatic heterocycles. The van der Waals surface area contributed by atoms with Crippen LogP contribution in [0.1, 0.15) is 22.3 Å². The molecule has 0 saturated carbocycles. The van der Waals surface area contributed by atoms with Crippen molar-refractivity contribution >= 4 is 57.8 Å². The predicted octanol–water partition coefficient (Wildman–Crippen LogP) is 3.64. The quantitative estimate of drug-likeness (QED) is 0.293. The highest BCUT2D eigenvalue weighted by Gasteiger charge is 2.32. The molecule has 1 fully saturated rings. The highest BCUT2D eigenvalue weighted by atomic mass is 32.2. The Labute approximate surface area is 214 Å². The number of hydrogen-bond donors (Lipinski definition) is 1. The molecule has 0 aromatic heterocycles. The Morgan fingerprint density at radius 3 is 2.54 bits per heavy atom. The number of nitrogens with zero attached hydrogens (tertiary/aromatic N) is 2. The minimum Gasteiger partial charge on any atom is -0.496 e. The zero-order valence-corrected chi connectivity index (χ0v) is 21.4. The molecule has 0 spiro atoms. The van der Waals surface area contributed by atoms with E-state index in [-0.39, 0.29) is 24.8 Å². The molecule has 35 heavy (non-hydrogen) atoms. The number of rotatable bonds is 10. The van der Waals surface area contributed by atoms with Gasteiger partial charge >= 0.3 is 5.97 Å². The largest absolute Gasteiger partial charge is 0.496 e. The lowest BCUT2D eigenvalue weighted by molar-refractivity contribution is -0.122. The van der Waals surface area contributed by atoms with Crippen LogP contribution < -0.4 is 10.1 Å². The lowest BCUT2D eigenvalue weighted by Gasteiger charge is -2.14. The second-order valence-electron chi connectivity index (χ2n) is 7.89. The van der Waals surface area contributed by atoms with Gasteiger partial charge in [-0.1, -0.05) is 42.2 Å². The predicted molar refractivity (Wildman–Crippen MR) is 141 cm³/mol. The summed E-state index contributed by atoms with van der Waals surface area (Å²) in [5, 5.41) is 2.77. The number of amides is 2. The van der Waals surface area contributed by atoms with E-state index in [0.29, 0.717) is 39.4 Å². The minimum atomic E-state index is -0.416. The molecule has 2 aromatic carbocycles. The van der Waals surface area contributed by atoms with E-state index < -0.39 is 5.97 Å². The van der Waals surface area contributed by atoms with Gasteiger partial charge in [0.25, 0.3) is 5.91 Å². The van der Waals surface area contributed by atoms with Crippen LogP contribution in [0.4, 0.5) is 5.69 Å². The molecule has 0 unspecified atom stereocenters. The number of anilines is 1. The SMILES string of the molecule is COc1ccccc1/C=C1\SC(=S)N(CCC(=O)Nc2ccc(C(=O)OCCN(C)C)cc2)C1=O. The molecule has 184 valence electrons. The van der Waals surface area contributed by atoms with E-state index in [2.05, 4.69) is 5.32 Å². The van der Waals surface area contributed by atoms with Crippen LogP contribution in [0.25, 0.3) is 6.08 Å². The number of carbonyl (C=O) groups is 3. The van der Waals surface area contributed by atoms with E-state index in [4.69, 9.17) is 21.7 Å². The number of likely N-dealkylation sites (N-methyl/N-ethyl adjacent to an activating group) is 1. The first-order valence-electron chi connectivity index (χ1n) is 10.9. The zero-order chi connectivity index (χ0) is 25.4. The molecule has 1 saturated heterocycles. The highest BCUT2D eigenvalue weighted by molar-refractivity contribution is 8.26. The smallest absolute Gasteiger partial charge is 0.338 e. The topological polar surface area (TPSA) is 88.2 Å². The van der Waals surface area contributed by atoms with Crippen LogP contribution in [0, 0.1) is 0 Å². The lowest BCUT2D eigenvalue weighted by atomic mass is 10.2. The van der Waals surface area contributed by atoms with Gasteiger partial charge in [0.15, 0.2) is 0 Å². The summed E-state index contributed by atoms with van der Waals surface area (Å²) in [6, 6.07) is 13.8. The monoisotopic (exact) mass is 513 g/mol. The molecule has 1 aliphatic rings. The summed E-state index contributed by atoms with van der Waals surface area (Å²) in [5.41, 5.74) is 1.72. The molecular formula is C25H27N3O5S2. The third kappa shape index (κ3) is 7.38. The molecule has 1 N–H and O–H groups in total. The number of benzene rings is 2. The first-order chi connectivity index (χ1) is 16.8. The number of para-hydroxylation sites is 1. The van der Waals surface area contributed by atoms with Crippen molar-refractivity contribution in [3.63, 3.8) is 0 Å². The standard InChI is InChI=1S/C25H27N3O5S2/c1-27(2)14-15-33-24(31)17-8-10-19(11-9-17)26-22(29)12-13-28-23(30)21(35-25(28)34)16-18-6-4-5-7-20(18)32-3/h4-11,16H,12-15H2,1-3H3,(H,26,29)/b21-16-. The molecular weight excluding hydrogens is 486 g/mol. The molecule has 10 heteroatoms. The first-order valence-corrected chi connectivity index (χ1v) is 12.1. The molecule has 0 bridgehead atoms. The number of thioether (sulfide) groups is 1. The summed E-state index contributed by atoms with van der Waals surface area (Å²) in [5.74, 6) is -0.268. The van der Waals surface area contributed by atoms with Crippen LogP contribution in [0.5, 0.6) is 5.75 Å². The molecule has 0 radical (unpaired) electrons. The number of ether oxygens (including phenoxy) is 2. The third-order valence-corrected chi connectivity index (χ3v) is 6.42. The number of nitrogens with one attached hydrogen (secondary N) is 1. The van der Waals surface area contributed by atoms with Crippen molar-refractivity contribution in [1.29, 1.82) is 0 Å². The van der Waals surface area contributed by atoms with Gasteiger partial charge in [-0.25, -0.2) is 4.79 Å². The minimum absolute atomic E-state index is 0.0721. The average molecular weight is 514 g/mol. The Morgan fingerprint density at radius 1 is 1.14 bits per heavy atom. The number of esters is 1. The van der Waals surface area contributed by atoms with Gasteiger partial charge in [-0.3, -0.25) is 14.5 Å². The van der Waals surface area contributed by atoms with Gasteiger partial charge in [-0.15, -0.1) is 0 Å². The van der Waals surface area contributed by atoms with E-state index >= 15 is 0 Å². The number of thiocarbonyl (C=S) groups is 1. The number of carbonyl (C=O) groups excluding carboxylic acids is 3. The van der Waals surface area contributed by atoms with Crippen molar-refractivity contribution in [3.8, 4) is 5.75 Å². The van der Waals surface area contributed by atoms with Crippen molar-refractivity contribution in [1.82, 2.24) is 9.80 Å². The lowest BCUT2D eigenvalue weighted by Crippen LogP contribution is -2.31. The molecule has 1 heterocycles. The van der Waals surface area contributed by atoms with E-state index in [1.165, 1.54) is 16.7 Å². The maximum Gasteiger partial charge on any atom is 0.338 e. The highest BCUT2D eigenvalue weighted by Crippen LogP contribution is 2.34. The van der Waals surface area contributed by atoms with Crippen LogP contribution in [0.3, 0.4) is 0 Å². The summed E-state index contributed by atoms with van der Waals surface area (Å²) in [6.07, 6.45) is 1.81. The van der Waals surface area contributed by atoms with Gasteiger partial charge in [-0.2, -0.15) is 0 Å². The summed E-state index contributed by atoms with van der Waals surface area (Å²) >= 11 is 6.55. The van der Waals surface area contributed by atoms with Gasteiger partial charge in [0.05, 0.1) is 17.6 Å². The van der Waals surface area contributed by atoms with Gasteiger partial charge in [0.1, 0.15) is 16.7 Å². The van der Waals surface area contributed by atoms with Crippen LogP contribution in [0.2, 0.25) is 0 Å². The molecule has 0 aliphatic carbocycles. The van der Waals surface area contributed by atoms with Crippen molar-refractivity contribution in [3.05, 3.63) is 64.6 Å². The van der Waals surface area contributed by atoms with E-state index in [9.17, 15) is 14.4 Å². The van der Waals surface area contributed by atoms with E-state index in [1.807, 2.05) is 43.3 Å². The number of methoxy groups -OCH3 is 1. The Bertz CT molecular complexity index is 1130. The Hall–Kier alpha value is -3.21. The van der Waals surface area contributed by atoms with Gasteiger partial charge < -0.3 is 19.7 Å². The molecule has 2 aromatic rings. The fourth-order valence-corrected chi connectivity index (χ4v) is 4.45. The third-order valence-electron chi connectivity index (χ3n) is 5.04. The maximum absolute atomic E-state index is 12.8. The zero-order valence-electron chi connectivity index (χ0n) is 19.8. The van der Waals surface area contributed by atoms with Gasteiger partial charge in [0, 0.05) is 30.8 Å². The fourth-order valence-electron chi connectivity index (χ4n) is 3.15. The normalized spacial score (nSPS) is 14.5. The van der Waals surface area contributed by atoms with Gasteiger partial charge in [0.2, 0.25) is 5.91 Å². The van der Waals surface area contributed by atoms with E-state index in [0.717, 1.165) is 5.56 Å². The van der Waals surface area contributed by atoms with Crippen LogP contribution in [-0.2, 0) is 14.3 Å². The van der Waals surface area contributed by atoms with Crippen molar-refractivity contribution in [2.75, 3.05) is 46.2 Å². The first kappa shape index (κ1) is 26.4. The molecule has 3 rings (SSSR count).